The smallest absolute Gasteiger partial charge is 0.166 e. The van der Waals surface area contributed by atoms with Gasteiger partial charge in [0, 0.05) is 63.6 Å². The Morgan fingerprint density at radius 2 is 1.36 bits per heavy atom. The van der Waals surface area contributed by atoms with Crippen LogP contribution in [0.25, 0.3) is 0 Å². The third kappa shape index (κ3) is 3.25. The summed E-state index contributed by atoms with van der Waals surface area (Å²) in [6.07, 6.45) is 15.6. The highest BCUT2D eigenvalue weighted by Crippen LogP contribution is 2.50. The maximum Gasteiger partial charge on any atom is 0.166 e. The summed E-state index contributed by atoms with van der Waals surface area (Å²) in [4.78, 5) is -0.632. The Morgan fingerprint density at radius 1 is 0.880 bits per heavy atom. The Morgan fingerprint density at radius 3 is 1.68 bits per heavy atom. The van der Waals surface area contributed by atoms with E-state index >= 15 is 0 Å². The van der Waals surface area contributed by atoms with Crippen LogP contribution in [0.15, 0.2) is 61.3 Å². The van der Waals surface area contributed by atoms with E-state index in [9.17, 15) is 0 Å². The molecule has 2 unspecified atom stereocenters. The molecule has 2 aliphatic rings. The van der Waals surface area contributed by atoms with Gasteiger partial charge in [-0.25, -0.2) is 0 Å². The molecule has 0 fully saturated rings. The molecule has 0 N–H and O–H groups in total. The molecular formula is C20H24N2O2S. The zero-order valence-electron chi connectivity index (χ0n) is 14.7. The Balaban J connectivity index is 1.59. The minimum atomic E-state index is -0.316. The van der Waals surface area contributed by atoms with Crippen molar-refractivity contribution in [3.05, 3.63) is 72.7 Å². The Bertz CT molecular complexity index is 720. The van der Waals surface area contributed by atoms with E-state index in [1.807, 2.05) is 24.3 Å². The van der Waals surface area contributed by atoms with Crippen molar-refractivity contribution in [3.63, 3.8) is 0 Å². The number of thioether (sulfide) groups is 1. The highest BCUT2D eigenvalue weighted by atomic mass is 32.2. The highest BCUT2D eigenvalue weighted by molar-refractivity contribution is 8.01. The molecule has 0 saturated heterocycles. The van der Waals surface area contributed by atoms with Crippen molar-refractivity contribution in [1.82, 2.24) is 9.13 Å². The quantitative estimate of drug-likeness (QED) is 0.779. The summed E-state index contributed by atoms with van der Waals surface area (Å²) in [6, 6.07) is 8.51. The highest BCUT2D eigenvalue weighted by Gasteiger charge is 2.47. The third-order valence-corrected chi connectivity index (χ3v) is 6.55. The predicted molar refractivity (Wildman–Crippen MR) is 101 cm³/mol. The first-order valence-electron chi connectivity index (χ1n) is 8.66. The van der Waals surface area contributed by atoms with Crippen molar-refractivity contribution < 1.29 is 9.47 Å². The van der Waals surface area contributed by atoms with Crippen LogP contribution < -0.4 is 0 Å². The molecule has 25 heavy (non-hydrogen) atoms. The van der Waals surface area contributed by atoms with E-state index < -0.39 is 0 Å². The molecule has 4 heterocycles. The van der Waals surface area contributed by atoms with Crippen LogP contribution in [0.2, 0.25) is 0 Å². The maximum absolute atomic E-state index is 6.16. The summed E-state index contributed by atoms with van der Waals surface area (Å²) in [5, 5.41) is 0. The van der Waals surface area contributed by atoms with Crippen LogP contribution >= 0.6 is 11.8 Å². The van der Waals surface area contributed by atoms with E-state index in [0.29, 0.717) is 0 Å². The molecule has 4 nitrogen and oxygen atoms in total. The average Bonchev–Trinajstić information content (AvgIpc) is 3.36. The van der Waals surface area contributed by atoms with Gasteiger partial charge < -0.3 is 18.6 Å². The van der Waals surface area contributed by atoms with Gasteiger partial charge in [0.2, 0.25) is 0 Å². The molecule has 2 aromatic heterocycles. The van der Waals surface area contributed by atoms with Gasteiger partial charge in [0.25, 0.3) is 0 Å². The number of hydrogen-bond donors (Lipinski definition) is 0. The Hall–Kier alpha value is -2.01. The molecule has 0 aliphatic carbocycles. The van der Waals surface area contributed by atoms with Gasteiger partial charge in [0.15, 0.2) is 9.87 Å². The van der Waals surface area contributed by atoms with Crippen LogP contribution in [0.5, 0.6) is 0 Å². The lowest BCUT2D eigenvalue weighted by Gasteiger charge is -2.38. The molecule has 0 aromatic carbocycles. The van der Waals surface area contributed by atoms with Crippen LogP contribution in [-0.4, -0.2) is 19.0 Å². The molecule has 2 atom stereocenters. The number of rotatable bonds is 6. The van der Waals surface area contributed by atoms with Gasteiger partial charge in [0.05, 0.1) is 12.5 Å². The second-order valence-corrected chi connectivity index (χ2v) is 8.58. The molecule has 4 rings (SSSR count). The van der Waals surface area contributed by atoms with Crippen molar-refractivity contribution >= 4 is 11.8 Å². The fraction of sp³-hybridized carbons (Fsp3) is 0.400. The minimum Gasteiger partial charge on any atom is -0.484 e. The lowest BCUT2D eigenvalue weighted by atomic mass is 10.1. The molecule has 0 amide bonds. The van der Waals surface area contributed by atoms with E-state index in [-0.39, 0.29) is 9.87 Å². The second-order valence-electron chi connectivity index (χ2n) is 6.89. The minimum absolute atomic E-state index is 0.316. The zero-order valence-corrected chi connectivity index (χ0v) is 15.5. The number of ether oxygens (including phenoxy) is 2. The number of hydrogen-bond acceptors (Lipinski definition) is 3. The van der Waals surface area contributed by atoms with Crippen molar-refractivity contribution in [2.24, 2.45) is 14.1 Å². The normalized spacial score (nSPS) is 27.6. The summed E-state index contributed by atoms with van der Waals surface area (Å²) < 4.78 is 16.7. The van der Waals surface area contributed by atoms with Gasteiger partial charge in [-0.15, -0.1) is 0 Å². The molecule has 0 radical (unpaired) electrons. The van der Waals surface area contributed by atoms with Crippen molar-refractivity contribution in [2.45, 2.75) is 35.5 Å². The van der Waals surface area contributed by atoms with Crippen LogP contribution in [-0.2, 0) is 36.4 Å². The van der Waals surface area contributed by atoms with E-state index in [4.69, 9.17) is 9.47 Å². The summed E-state index contributed by atoms with van der Waals surface area (Å²) in [7, 11) is 4.17. The fourth-order valence-corrected chi connectivity index (χ4v) is 5.26. The molecule has 0 spiro atoms. The first-order chi connectivity index (χ1) is 12.1. The predicted octanol–water partition coefficient (Wildman–Crippen LogP) is 4.14. The number of aromatic nitrogens is 2. The monoisotopic (exact) mass is 356 g/mol. The molecule has 5 heteroatoms. The van der Waals surface area contributed by atoms with E-state index in [2.05, 4.69) is 72.0 Å². The fourth-order valence-electron chi connectivity index (χ4n) is 3.58. The largest absolute Gasteiger partial charge is 0.484 e. The van der Waals surface area contributed by atoms with Crippen molar-refractivity contribution in [2.75, 3.05) is 0 Å². The van der Waals surface area contributed by atoms with Crippen LogP contribution in [0.3, 0.4) is 0 Å². The van der Waals surface area contributed by atoms with Gasteiger partial charge in [-0.2, -0.15) is 0 Å². The Labute approximate surface area is 153 Å². The standard InChI is InChI=1S/C20H24N2O2S/c1-21-11-3-7-17(21)15-19(9-5-13-23-19)25-20(10-6-14-24-20)16-18-8-4-12-22(18)2/h3-8,11-14H,9-10,15-16H2,1-2H3. The zero-order chi connectivity index (χ0) is 17.3. The van der Waals surface area contributed by atoms with Gasteiger partial charge in [-0.1, -0.05) is 11.8 Å². The van der Waals surface area contributed by atoms with Gasteiger partial charge >= 0.3 is 0 Å². The first kappa shape index (κ1) is 16.5. The molecule has 0 saturated carbocycles. The summed E-state index contributed by atoms with van der Waals surface area (Å²) in [6.45, 7) is 0. The molecule has 2 aliphatic heterocycles. The van der Waals surface area contributed by atoms with Crippen LogP contribution in [0.4, 0.5) is 0 Å². The Kier molecular flexibility index (Phi) is 4.20. The van der Waals surface area contributed by atoms with E-state index in [1.54, 1.807) is 0 Å². The van der Waals surface area contributed by atoms with E-state index in [0.717, 1.165) is 25.7 Å². The molecule has 2 aromatic rings. The number of nitrogens with zero attached hydrogens (tertiary/aromatic N) is 2. The van der Waals surface area contributed by atoms with Crippen molar-refractivity contribution in [1.29, 1.82) is 0 Å². The molecular weight excluding hydrogens is 332 g/mol. The van der Waals surface area contributed by atoms with Gasteiger partial charge in [-0.3, -0.25) is 0 Å². The molecule has 132 valence electrons. The van der Waals surface area contributed by atoms with Crippen LogP contribution in [0.1, 0.15) is 24.2 Å². The van der Waals surface area contributed by atoms with E-state index in [1.165, 1.54) is 11.4 Å². The lowest BCUT2D eigenvalue weighted by Crippen LogP contribution is -2.38. The van der Waals surface area contributed by atoms with Gasteiger partial charge in [0.1, 0.15) is 0 Å². The topological polar surface area (TPSA) is 28.3 Å². The van der Waals surface area contributed by atoms with Crippen LogP contribution in [0, 0.1) is 0 Å². The average molecular weight is 356 g/mol. The maximum atomic E-state index is 6.16. The summed E-state index contributed by atoms with van der Waals surface area (Å²) in [5.74, 6) is 0. The lowest BCUT2D eigenvalue weighted by molar-refractivity contribution is 0.102. The third-order valence-electron chi connectivity index (χ3n) is 4.99. The number of aryl methyl sites for hydroxylation is 2. The molecule has 0 bridgehead atoms. The summed E-state index contributed by atoms with van der Waals surface area (Å²) in [5.41, 5.74) is 2.55. The van der Waals surface area contributed by atoms with Gasteiger partial charge in [-0.05, 0) is 36.4 Å². The SMILES string of the molecule is Cn1cccc1CC1(SC2(Cc3cccn3C)CC=CO2)CC=CO1. The van der Waals surface area contributed by atoms with Crippen molar-refractivity contribution in [3.8, 4) is 0 Å². The first-order valence-corrected chi connectivity index (χ1v) is 9.48. The second kappa shape index (κ2) is 6.37. The summed E-state index contributed by atoms with van der Waals surface area (Å²) >= 11 is 1.83.